The van der Waals surface area contributed by atoms with Crippen LogP contribution in [0.5, 0.6) is 0 Å². The number of hydrogen-bond acceptors (Lipinski definition) is 2. The molecule has 1 heterocycles. The first-order chi connectivity index (χ1) is 7.99. The number of aromatic nitrogens is 2. The average Bonchev–Trinajstić information content (AvgIpc) is 2.25. The predicted molar refractivity (Wildman–Crippen MR) is 69.6 cm³/mol. The minimum Gasteiger partial charge on any atom is -0.230 e. The highest BCUT2D eigenvalue weighted by Gasteiger charge is 2.12. The molecule has 0 amide bonds. The quantitative estimate of drug-likeness (QED) is 0.733. The summed E-state index contributed by atoms with van der Waals surface area (Å²) in [5.41, 5.74) is 2.10. The van der Waals surface area contributed by atoms with Gasteiger partial charge in [-0.2, -0.15) is 0 Å². The number of rotatable bonds is 1. The normalized spacial score (nSPS) is 10.6. The predicted octanol–water partition coefficient (Wildman–Crippen LogP) is 4.32. The Hall–Kier alpha value is -1.00. The maximum Gasteiger partial charge on any atom is 0.181 e. The monoisotopic (exact) mass is 314 g/mol. The van der Waals surface area contributed by atoms with Crippen molar-refractivity contribution in [3.63, 3.8) is 0 Å². The van der Waals surface area contributed by atoms with Crippen molar-refractivity contribution in [3.05, 3.63) is 44.9 Å². The Labute approximate surface area is 112 Å². The third kappa shape index (κ3) is 2.48. The minimum absolute atomic E-state index is 0.144. The van der Waals surface area contributed by atoms with Crippen LogP contribution in [0.4, 0.5) is 4.39 Å². The molecule has 2 aromatic rings. The van der Waals surface area contributed by atoms with Crippen molar-refractivity contribution < 1.29 is 4.39 Å². The number of nitrogens with zero attached hydrogens (tertiary/aromatic N) is 2. The van der Waals surface area contributed by atoms with E-state index in [-0.39, 0.29) is 10.8 Å². The number of benzene rings is 1. The van der Waals surface area contributed by atoms with Crippen molar-refractivity contribution in [2.75, 3.05) is 0 Å². The zero-order chi connectivity index (χ0) is 12.6. The van der Waals surface area contributed by atoms with Gasteiger partial charge in [0.25, 0.3) is 0 Å². The second kappa shape index (κ2) is 4.70. The maximum absolute atomic E-state index is 13.3. The van der Waals surface area contributed by atoms with Crippen LogP contribution in [-0.4, -0.2) is 9.97 Å². The van der Waals surface area contributed by atoms with Crippen molar-refractivity contribution in [3.8, 4) is 11.4 Å². The van der Waals surface area contributed by atoms with Gasteiger partial charge in [-0.1, -0.05) is 27.5 Å². The summed E-state index contributed by atoms with van der Waals surface area (Å²) in [6.07, 6.45) is 0. The van der Waals surface area contributed by atoms with Gasteiger partial charge in [-0.3, -0.25) is 0 Å². The van der Waals surface area contributed by atoms with Crippen LogP contribution >= 0.6 is 27.5 Å². The van der Waals surface area contributed by atoms with Crippen molar-refractivity contribution in [2.45, 2.75) is 13.8 Å². The summed E-state index contributed by atoms with van der Waals surface area (Å²) in [4.78, 5) is 8.07. The summed E-state index contributed by atoms with van der Waals surface area (Å²) in [7, 11) is 0. The van der Waals surface area contributed by atoms with Gasteiger partial charge in [-0.15, -0.1) is 0 Å². The first-order valence-corrected chi connectivity index (χ1v) is 6.12. The zero-order valence-corrected chi connectivity index (χ0v) is 11.6. The second-order valence-electron chi connectivity index (χ2n) is 3.70. The number of halogens is 3. The van der Waals surface area contributed by atoms with Crippen molar-refractivity contribution in [1.82, 2.24) is 9.97 Å². The summed E-state index contributed by atoms with van der Waals surface area (Å²) >= 11 is 9.10. The summed E-state index contributed by atoms with van der Waals surface area (Å²) in [5.74, 6) is -0.121. The molecule has 0 saturated carbocycles. The van der Waals surface area contributed by atoms with Crippen LogP contribution in [0.3, 0.4) is 0 Å². The molecule has 0 aliphatic carbocycles. The van der Waals surface area contributed by atoms with Gasteiger partial charge < -0.3 is 0 Å². The van der Waals surface area contributed by atoms with E-state index in [0.717, 1.165) is 15.6 Å². The Kier molecular flexibility index (Phi) is 3.45. The van der Waals surface area contributed by atoms with Gasteiger partial charge in [-0.05, 0) is 37.6 Å². The number of aryl methyl sites for hydroxylation is 2. The first kappa shape index (κ1) is 12.5. The van der Waals surface area contributed by atoms with Crippen LogP contribution < -0.4 is 0 Å². The number of hydrogen-bond donors (Lipinski definition) is 0. The molecule has 1 aromatic heterocycles. The molecule has 0 spiro atoms. The van der Waals surface area contributed by atoms with Crippen LogP contribution in [-0.2, 0) is 0 Å². The Balaban J connectivity index is 2.61. The van der Waals surface area contributed by atoms with Gasteiger partial charge in [0.2, 0.25) is 0 Å². The SMILES string of the molecule is Cc1cc(Br)ccc1-c1nc(C)c(F)c(Cl)n1. The molecule has 0 radical (unpaired) electrons. The molecule has 88 valence electrons. The Morgan fingerprint density at radius 2 is 1.94 bits per heavy atom. The lowest BCUT2D eigenvalue weighted by Crippen LogP contribution is -1.98. The summed E-state index contributed by atoms with van der Waals surface area (Å²) in [6, 6.07) is 5.71. The van der Waals surface area contributed by atoms with Gasteiger partial charge >= 0.3 is 0 Å². The molecule has 1 aromatic carbocycles. The van der Waals surface area contributed by atoms with Gasteiger partial charge in [-0.25, -0.2) is 14.4 Å². The Morgan fingerprint density at radius 1 is 1.24 bits per heavy atom. The highest BCUT2D eigenvalue weighted by Crippen LogP contribution is 2.25. The molecule has 2 rings (SSSR count). The fraction of sp³-hybridized carbons (Fsp3) is 0.167. The molecule has 0 bridgehead atoms. The largest absolute Gasteiger partial charge is 0.230 e. The molecule has 0 fully saturated rings. The molecule has 0 aliphatic heterocycles. The van der Waals surface area contributed by atoms with Crippen LogP contribution in [0, 0.1) is 19.7 Å². The van der Waals surface area contributed by atoms with Crippen molar-refractivity contribution in [2.24, 2.45) is 0 Å². The van der Waals surface area contributed by atoms with Crippen LogP contribution in [0.2, 0.25) is 5.15 Å². The van der Waals surface area contributed by atoms with E-state index >= 15 is 0 Å². The van der Waals surface area contributed by atoms with E-state index in [1.54, 1.807) is 6.92 Å². The summed E-state index contributed by atoms with van der Waals surface area (Å²) < 4.78 is 14.3. The molecule has 0 aliphatic rings. The highest BCUT2D eigenvalue weighted by molar-refractivity contribution is 9.10. The second-order valence-corrected chi connectivity index (χ2v) is 4.97. The molecule has 0 saturated heterocycles. The fourth-order valence-electron chi connectivity index (χ4n) is 1.52. The summed E-state index contributed by atoms with van der Waals surface area (Å²) in [5, 5.41) is -0.144. The van der Waals surface area contributed by atoms with Crippen LogP contribution in [0.25, 0.3) is 11.4 Å². The van der Waals surface area contributed by atoms with Gasteiger partial charge in [0.1, 0.15) is 0 Å². The molecule has 0 atom stereocenters. The van der Waals surface area contributed by atoms with E-state index in [1.165, 1.54) is 0 Å². The van der Waals surface area contributed by atoms with E-state index in [1.807, 2.05) is 25.1 Å². The minimum atomic E-state index is -0.565. The lowest BCUT2D eigenvalue weighted by Gasteiger charge is -2.07. The fourth-order valence-corrected chi connectivity index (χ4v) is 2.22. The highest BCUT2D eigenvalue weighted by atomic mass is 79.9. The van der Waals surface area contributed by atoms with Gasteiger partial charge in [0, 0.05) is 10.0 Å². The van der Waals surface area contributed by atoms with E-state index in [4.69, 9.17) is 11.6 Å². The molecule has 0 N–H and O–H groups in total. The van der Waals surface area contributed by atoms with E-state index in [2.05, 4.69) is 25.9 Å². The van der Waals surface area contributed by atoms with Crippen LogP contribution in [0.15, 0.2) is 22.7 Å². The molecular weight excluding hydrogens is 307 g/mol. The van der Waals surface area contributed by atoms with E-state index in [0.29, 0.717) is 5.82 Å². The molecule has 0 unspecified atom stereocenters. The van der Waals surface area contributed by atoms with Gasteiger partial charge in [0.05, 0.1) is 5.69 Å². The Bertz CT molecular complexity index is 564. The summed E-state index contributed by atoms with van der Waals surface area (Å²) in [6.45, 7) is 3.51. The van der Waals surface area contributed by atoms with Crippen molar-refractivity contribution >= 4 is 27.5 Å². The van der Waals surface area contributed by atoms with E-state index < -0.39 is 5.82 Å². The lowest BCUT2D eigenvalue weighted by atomic mass is 10.1. The van der Waals surface area contributed by atoms with Crippen molar-refractivity contribution in [1.29, 1.82) is 0 Å². The standard InChI is InChI=1S/C12H9BrClFN2/c1-6-5-8(13)3-4-9(6)12-16-7(2)10(15)11(14)17-12/h3-5H,1-2H3. The smallest absolute Gasteiger partial charge is 0.181 e. The maximum atomic E-state index is 13.3. The third-order valence-electron chi connectivity index (χ3n) is 2.41. The first-order valence-electron chi connectivity index (χ1n) is 4.95. The van der Waals surface area contributed by atoms with Crippen LogP contribution in [0.1, 0.15) is 11.3 Å². The lowest BCUT2D eigenvalue weighted by molar-refractivity contribution is 0.603. The topological polar surface area (TPSA) is 25.8 Å². The molecular formula is C12H9BrClFN2. The average molecular weight is 316 g/mol. The van der Waals surface area contributed by atoms with Gasteiger partial charge in [0.15, 0.2) is 16.8 Å². The Morgan fingerprint density at radius 3 is 2.53 bits per heavy atom. The molecule has 5 heteroatoms. The zero-order valence-electron chi connectivity index (χ0n) is 9.26. The third-order valence-corrected chi connectivity index (χ3v) is 3.15. The van der Waals surface area contributed by atoms with E-state index in [9.17, 15) is 4.39 Å². The molecule has 17 heavy (non-hydrogen) atoms. The molecule has 2 nitrogen and oxygen atoms in total.